The second-order valence-electron chi connectivity index (χ2n) is 3.58. The number of anilines is 1. The molecule has 0 saturated carbocycles. The standard InChI is InChI=1S/C12H11ClN2O/c13-9-3-4-11(14)10(7-9)12(8-16)5-1-2-6-15-12/h1-8,15H,14H2. The molecule has 0 spiro atoms. The van der Waals surface area contributed by atoms with Crippen LogP contribution in [0.25, 0.3) is 0 Å². The largest absolute Gasteiger partial charge is 0.398 e. The summed E-state index contributed by atoms with van der Waals surface area (Å²) >= 11 is 5.91. The minimum absolute atomic E-state index is 0.531. The third kappa shape index (κ3) is 1.70. The van der Waals surface area contributed by atoms with Gasteiger partial charge in [-0.05, 0) is 36.6 Å². The van der Waals surface area contributed by atoms with Crippen molar-refractivity contribution in [3.8, 4) is 0 Å². The summed E-state index contributed by atoms with van der Waals surface area (Å²) in [5, 5.41) is 3.54. The van der Waals surface area contributed by atoms with Gasteiger partial charge in [-0.3, -0.25) is 4.79 Å². The molecule has 0 radical (unpaired) electrons. The highest BCUT2D eigenvalue weighted by Gasteiger charge is 2.30. The summed E-state index contributed by atoms with van der Waals surface area (Å²) in [6, 6.07) is 5.08. The summed E-state index contributed by atoms with van der Waals surface area (Å²) in [4.78, 5) is 11.3. The fourth-order valence-corrected chi connectivity index (χ4v) is 1.86. The van der Waals surface area contributed by atoms with E-state index in [0.29, 0.717) is 16.3 Å². The van der Waals surface area contributed by atoms with E-state index >= 15 is 0 Å². The second-order valence-corrected chi connectivity index (χ2v) is 4.02. The fraction of sp³-hybridized carbons (Fsp3) is 0.0833. The minimum atomic E-state index is -0.913. The lowest BCUT2D eigenvalue weighted by Gasteiger charge is -2.28. The molecule has 0 fully saturated rings. The quantitative estimate of drug-likeness (QED) is 0.608. The molecule has 0 amide bonds. The van der Waals surface area contributed by atoms with Gasteiger partial charge in [0.15, 0.2) is 6.29 Å². The molecule has 4 heteroatoms. The van der Waals surface area contributed by atoms with E-state index in [4.69, 9.17) is 17.3 Å². The molecule has 3 nitrogen and oxygen atoms in total. The Morgan fingerprint density at radius 1 is 1.38 bits per heavy atom. The molecule has 1 heterocycles. The SMILES string of the molecule is Nc1ccc(Cl)cc1C1(C=O)C=CC=CN1. The van der Waals surface area contributed by atoms with Gasteiger partial charge in [0.25, 0.3) is 0 Å². The molecular formula is C12H11ClN2O. The maximum absolute atomic E-state index is 11.3. The topological polar surface area (TPSA) is 55.1 Å². The number of carbonyl (C=O) groups excluding carboxylic acids is 1. The molecule has 2 rings (SSSR count). The van der Waals surface area contributed by atoms with Crippen molar-refractivity contribution < 1.29 is 4.79 Å². The monoisotopic (exact) mass is 234 g/mol. The Morgan fingerprint density at radius 3 is 2.81 bits per heavy atom. The van der Waals surface area contributed by atoms with Gasteiger partial charge in [-0.15, -0.1) is 0 Å². The summed E-state index contributed by atoms with van der Waals surface area (Å²) in [5.41, 5.74) is 6.15. The second kappa shape index (κ2) is 4.02. The van der Waals surface area contributed by atoms with Crippen molar-refractivity contribution in [1.82, 2.24) is 5.32 Å². The predicted octanol–water partition coefficient (Wildman–Crippen LogP) is 1.99. The number of aldehydes is 1. The molecule has 0 saturated heterocycles. The average Bonchev–Trinajstić information content (AvgIpc) is 2.33. The number of nitrogens with one attached hydrogen (secondary N) is 1. The van der Waals surface area contributed by atoms with Crippen LogP contribution in [0.5, 0.6) is 0 Å². The van der Waals surface area contributed by atoms with Gasteiger partial charge in [-0.2, -0.15) is 0 Å². The summed E-state index contributed by atoms with van der Waals surface area (Å²) in [6.45, 7) is 0. The van der Waals surface area contributed by atoms with Gasteiger partial charge in [0.2, 0.25) is 0 Å². The Morgan fingerprint density at radius 2 is 2.19 bits per heavy atom. The van der Waals surface area contributed by atoms with Gasteiger partial charge in [0.05, 0.1) is 0 Å². The maximum atomic E-state index is 11.3. The summed E-state index contributed by atoms with van der Waals surface area (Å²) < 4.78 is 0. The number of nitrogens with two attached hydrogens (primary N) is 1. The normalized spacial score (nSPS) is 22.8. The van der Waals surface area contributed by atoms with Crippen molar-refractivity contribution in [3.05, 3.63) is 53.2 Å². The first-order chi connectivity index (χ1) is 7.68. The average molecular weight is 235 g/mol. The lowest BCUT2D eigenvalue weighted by Crippen LogP contribution is -2.40. The highest BCUT2D eigenvalue weighted by Crippen LogP contribution is 2.30. The number of allylic oxidation sites excluding steroid dienone is 2. The Hall–Kier alpha value is -1.74. The highest BCUT2D eigenvalue weighted by molar-refractivity contribution is 6.30. The van der Waals surface area contributed by atoms with Crippen molar-refractivity contribution in [1.29, 1.82) is 0 Å². The van der Waals surface area contributed by atoms with Crippen LogP contribution in [0.3, 0.4) is 0 Å². The van der Waals surface area contributed by atoms with Crippen LogP contribution in [0.2, 0.25) is 5.02 Å². The van der Waals surface area contributed by atoms with E-state index < -0.39 is 5.54 Å². The van der Waals surface area contributed by atoms with E-state index in [0.717, 1.165) is 6.29 Å². The van der Waals surface area contributed by atoms with Crippen LogP contribution in [0.15, 0.2) is 42.6 Å². The number of benzene rings is 1. The first-order valence-electron chi connectivity index (χ1n) is 4.82. The third-order valence-electron chi connectivity index (χ3n) is 2.54. The fourth-order valence-electron chi connectivity index (χ4n) is 1.69. The molecule has 1 aromatic rings. The van der Waals surface area contributed by atoms with Crippen LogP contribution in [0, 0.1) is 0 Å². The summed E-state index contributed by atoms with van der Waals surface area (Å²) in [6.07, 6.45) is 7.87. The third-order valence-corrected chi connectivity index (χ3v) is 2.77. The smallest absolute Gasteiger partial charge is 0.154 e. The first kappa shape index (κ1) is 10.8. The molecule has 1 aliphatic heterocycles. The number of rotatable bonds is 2. The van der Waals surface area contributed by atoms with E-state index in [1.807, 2.05) is 6.08 Å². The predicted molar refractivity (Wildman–Crippen MR) is 65.0 cm³/mol. The van der Waals surface area contributed by atoms with Crippen molar-refractivity contribution in [2.45, 2.75) is 5.54 Å². The van der Waals surface area contributed by atoms with Crippen LogP contribution in [-0.2, 0) is 10.3 Å². The van der Waals surface area contributed by atoms with Crippen molar-refractivity contribution in [2.75, 3.05) is 5.73 Å². The van der Waals surface area contributed by atoms with Crippen LogP contribution >= 0.6 is 11.6 Å². The Balaban J connectivity index is 2.56. The van der Waals surface area contributed by atoms with E-state index in [-0.39, 0.29) is 0 Å². The van der Waals surface area contributed by atoms with Gasteiger partial charge in [0.1, 0.15) is 5.54 Å². The minimum Gasteiger partial charge on any atom is -0.398 e. The van der Waals surface area contributed by atoms with Gasteiger partial charge in [-0.1, -0.05) is 17.7 Å². The molecule has 0 aliphatic carbocycles. The van der Waals surface area contributed by atoms with Crippen LogP contribution < -0.4 is 11.1 Å². The first-order valence-corrected chi connectivity index (χ1v) is 5.20. The highest BCUT2D eigenvalue weighted by atomic mass is 35.5. The lowest BCUT2D eigenvalue weighted by atomic mass is 9.88. The zero-order valence-electron chi connectivity index (χ0n) is 8.48. The van der Waals surface area contributed by atoms with Crippen molar-refractivity contribution in [2.24, 2.45) is 0 Å². The molecular weight excluding hydrogens is 224 g/mol. The molecule has 16 heavy (non-hydrogen) atoms. The number of hydrogen-bond donors (Lipinski definition) is 2. The van der Waals surface area contributed by atoms with Crippen LogP contribution in [0.1, 0.15) is 5.56 Å². The van der Waals surface area contributed by atoms with Gasteiger partial charge < -0.3 is 11.1 Å². The molecule has 1 aromatic carbocycles. The molecule has 0 aromatic heterocycles. The van der Waals surface area contributed by atoms with E-state index in [1.165, 1.54) is 0 Å². The molecule has 1 atom stereocenters. The van der Waals surface area contributed by atoms with Crippen molar-refractivity contribution in [3.63, 3.8) is 0 Å². The van der Waals surface area contributed by atoms with E-state index in [9.17, 15) is 4.79 Å². The molecule has 3 N–H and O–H groups in total. The lowest BCUT2D eigenvalue weighted by molar-refractivity contribution is -0.111. The molecule has 1 aliphatic rings. The van der Waals surface area contributed by atoms with Gasteiger partial charge in [-0.25, -0.2) is 0 Å². The Kier molecular flexibility index (Phi) is 2.71. The zero-order valence-corrected chi connectivity index (χ0v) is 9.24. The Bertz CT molecular complexity index is 482. The van der Waals surface area contributed by atoms with Gasteiger partial charge >= 0.3 is 0 Å². The summed E-state index contributed by atoms with van der Waals surface area (Å²) in [7, 11) is 0. The van der Waals surface area contributed by atoms with E-state index in [2.05, 4.69) is 5.32 Å². The zero-order chi connectivity index (χ0) is 11.6. The van der Waals surface area contributed by atoms with Crippen LogP contribution in [0.4, 0.5) is 5.69 Å². The Labute approximate surface area is 98.6 Å². The van der Waals surface area contributed by atoms with Crippen LogP contribution in [-0.4, -0.2) is 6.29 Å². The molecule has 0 bridgehead atoms. The van der Waals surface area contributed by atoms with Gasteiger partial charge in [0, 0.05) is 16.3 Å². The molecule has 82 valence electrons. The number of dihydropyridines is 1. The van der Waals surface area contributed by atoms with E-state index in [1.54, 1.807) is 36.6 Å². The number of nitrogen functional groups attached to an aromatic ring is 1. The molecule has 1 unspecified atom stereocenters. The maximum Gasteiger partial charge on any atom is 0.154 e. The number of halogens is 1. The number of carbonyl (C=O) groups is 1. The number of hydrogen-bond acceptors (Lipinski definition) is 3. The van der Waals surface area contributed by atoms with Crippen molar-refractivity contribution >= 4 is 23.6 Å². The summed E-state index contributed by atoms with van der Waals surface area (Å²) in [5.74, 6) is 0.